The minimum absolute atomic E-state index is 0.127. The molecule has 3 aromatic heterocycles. The first-order valence-corrected chi connectivity index (χ1v) is 35.3. The van der Waals surface area contributed by atoms with Crippen LogP contribution in [0.4, 0.5) is 15.8 Å². The molecule has 0 unspecified atom stereocenters. The van der Waals surface area contributed by atoms with Gasteiger partial charge in [-0.1, -0.05) is 91.7 Å². The van der Waals surface area contributed by atoms with Gasteiger partial charge in [0.1, 0.15) is 11.4 Å². The summed E-state index contributed by atoms with van der Waals surface area (Å²) in [6, 6.07) is 44.7. The summed E-state index contributed by atoms with van der Waals surface area (Å²) < 4.78 is 81.5. The number of anilines is 2. The fourth-order valence-corrected chi connectivity index (χ4v) is 15.6. The number of para-hydroxylation sites is 1. The third-order valence-electron chi connectivity index (χ3n) is 16.4. The number of ether oxygens (including phenoxy) is 1. The Bertz CT molecular complexity index is 4250. The van der Waals surface area contributed by atoms with Crippen molar-refractivity contribution in [1.82, 2.24) is 23.9 Å². The first-order valence-electron chi connectivity index (χ1n) is 29.7. The number of thiazole rings is 1. The Kier molecular flexibility index (Phi) is 19.9. The van der Waals surface area contributed by atoms with Crippen molar-refractivity contribution < 1.29 is 35.2 Å². The lowest BCUT2D eigenvalue weighted by molar-refractivity contribution is 0.0370. The van der Waals surface area contributed by atoms with Gasteiger partial charge in [0.15, 0.2) is 14.8 Å². The number of aromatic nitrogens is 2. The van der Waals surface area contributed by atoms with E-state index in [0.29, 0.717) is 47.9 Å². The fraction of sp³-hybridized carbons (Fsp3) is 0.309. The summed E-state index contributed by atoms with van der Waals surface area (Å²) in [5.41, 5.74) is 8.15. The summed E-state index contributed by atoms with van der Waals surface area (Å²) in [4.78, 5) is 39.9. The van der Waals surface area contributed by atoms with Crippen molar-refractivity contribution in [2.24, 2.45) is 5.41 Å². The zero-order chi connectivity index (χ0) is 62.3. The average Bonchev–Trinajstić information content (AvgIpc) is 2.60. The van der Waals surface area contributed by atoms with Gasteiger partial charge >= 0.3 is 5.63 Å². The predicted molar refractivity (Wildman–Crippen MR) is 356 cm³/mol. The number of rotatable bonds is 19. The molecule has 1 aliphatic carbocycles. The van der Waals surface area contributed by atoms with Gasteiger partial charge in [-0.05, 0) is 139 Å². The van der Waals surface area contributed by atoms with E-state index in [9.17, 15) is 30.8 Å². The van der Waals surface area contributed by atoms with E-state index < -0.39 is 31.4 Å². The molecule has 15 nitrogen and oxygen atoms in total. The molecular weight excluding hydrogens is 1230 g/mol. The summed E-state index contributed by atoms with van der Waals surface area (Å²) in [5, 5.41) is 5.03. The van der Waals surface area contributed by atoms with E-state index in [0.717, 1.165) is 127 Å². The maximum Gasteiger partial charge on any atom is 0.345 e. The van der Waals surface area contributed by atoms with Crippen LogP contribution >= 0.6 is 34.7 Å². The van der Waals surface area contributed by atoms with Gasteiger partial charge in [-0.3, -0.25) is 19.0 Å². The molecular formula is C68H71ClFN7O8S4. The SMILES string of the molecule is CC1(C)CCC(c2ccc(Cl)cc2)=C(CN2CCN(c3ccc(C(=O)NS(=O)(=O)c4ccc(N[C@H](CCN5CCOCC5)CSc5ccccc5)c(S(C)(=O)=O)c4)cc3)CC2)C1.O=c1oc2ccccc2cc1-c1cn2cc(Cc3ccc(F)cc3)sc2n1. The number of sulfone groups is 1. The third kappa shape index (κ3) is 16.4. The molecule has 2 N–H and O–H groups in total. The van der Waals surface area contributed by atoms with Crippen LogP contribution in [0, 0.1) is 11.2 Å². The van der Waals surface area contributed by atoms with E-state index in [1.54, 1.807) is 53.4 Å². The summed E-state index contributed by atoms with van der Waals surface area (Å²) in [6.45, 7) is 12.9. The summed E-state index contributed by atoms with van der Waals surface area (Å²) in [7, 11) is -8.31. The number of sulfonamides is 1. The van der Waals surface area contributed by atoms with Gasteiger partial charge in [-0.25, -0.2) is 35.7 Å². The van der Waals surface area contributed by atoms with Gasteiger partial charge in [0, 0.05) is 121 Å². The Balaban J connectivity index is 0.000000249. The second kappa shape index (κ2) is 27.9. The molecule has 5 heterocycles. The summed E-state index contributed by atoms with van der Waals surface area (Å²) >= 11 is 9.42. The van der Waals surface area contributed by atoms with E-state index in [4.69, 9.17) is 20.8 Å². The Morgan fingerprint density at radius 2 is 1.54 bits per heavy atom. The van der Waals surface area contributed by atoms with E-state index in [2.05, 4.69) is 55.7 Å². The van der Waals surface area contributed by atoms with Crippen LogP contribution in [0.5, 0.6) is 0 Å². The van der Waals surface area contributed by atoms with Crippen LogP contribution in [0.15, 0.2) is 194 Å². The number of piperazine rings is 1. The number of fused-ring (bicyclic) bond motifs is 2. The molecule has 0 spiro atoms. The van der Waals surface area contributed by atoms with Crippen molar-refractivity contribution in [2.45, 2.75) is 66.7 Å². The first-order chi connectivity index (χ1) is 42.8. The topological polar surface area (TPSA) is 176 Å². The number of nitrogens with one attached hydrogen (secondary N) is 2. The molecule has 6 aromatic carbocycles. The van der Waals surface area contributed by atoms with E-state index in [-0.39, 0.29) is 32.6 Å². The molecule has 2 aliphatic heterocycles. The number of halogens is 2. The fourth-order valence-electron chi connectivity index (χ4n) is 11.5. The largest absolute Gasteiger partial charge is 0.422 e. The van der Waals surface area contributed by atoms with Gasteiger partial charge in [0.2, 0.25) is 0 Å². The minimum Gasteiger partial charge on any atom is -0.422 e. The molecule has 0 saturated carbocycles. The van der Waals surface area contributed by atoms with Crippen molar-refractivity contribution in [2.75, 3.05) is 87.8 Å². The molecule has 0 radical (unpaired) electrons. The Hall–Kier alpha value is -7.14. The number of amides is 1. The van der Waals surface area contributed by atoms with Gasteiger partial charge in [-0.15, -0.1) is 23.1 Å². The van der Waals surface area contributed by atoms with E-state index in [1.807, 2.05) is 95.7 Å². The number of imidazole rings is 1. The number of hydrogen-bond acceptors (Lipinski definition) is 15. The van der Waals surface area contributed by atoms with Crippen LogP contribution in [0.2, 0.25) is 5.02 Å². The maximum atomic E-state index is 13.6. The molecule has 464 valence electrons. The highest BCUT2D eigenvalue weighted by Gasteiger charge is 2.30. The average molecular weight is 1300 g/mol. The van der Waals surface area contributed by atoms with Crippen LogP contribution in [-0.4, -0.2) is 126 Å². The van der Waals surface area contributed by atoms with Crippen LogP contribution < -0.4 is 20.6 Å². The standard InChI is InChI=1S/C47H58ClN5O6S3.C21H13FN2O2S/c1-47(2)21-19-43(35-9-13-38(48)14-10-35)37(32-47)33-52-23-25-53(26-24-52)40-15-11-36(12-16-40)46(54)50-62(57,58)42-17-18-44(45(31-42)61(3,55)56)49-39(20-22-51-27-29-59-30-28-51)34-60-41-7-5-4-6-8-41;22-15-7-5-13(6-8-15)9-16-11-24-12-18(23-21(24)27-16)17-10-14-3-1-2-4-19(14)26-20(17)25/h4-18,31,39,49H,19-30,32-34H2,1-3H3,(H,50,54);1-8,10-12H,9H2/t39-;/m1./s1. The maximum absolute atomic E-state index is 13.6. The lowest BCUT2D eigenvalue weighted by Gasteiger charge is -2.39. The van der Waals surface area contributed by atoms with E-state index in [1.165, 1.54) is 41.0 Å². The number of hydrogen-bond donors (Lipinski definition) is 2. The smallest absolute Gasteiger partial charge is 0.345 e. The highest BCUT2D eigenvalue weighted by Crippen LogP contribution is 2.43. The van der Waals surface area contributed by atoms with Crippen LogP contribution in [-0.2, 0) is 31.0 Å². The van der Waals surface area contributed by atoms with Gasteiger partial charge < -0.3 is 19.4 Å². The Morgan fingerprint density at radius 1 is 0.820 bits per heavy atom. The second-order valence-corrected chi connectivity index (χ2v) is 29.9. The molecule has 9 aromatic rings. The summed E-state index contributed by atoms with van der Waals surface area (Å²) in [6.07, 6.45) is 9.60. The molecule has 0 bridgehead atoms. The van der Waals surface area contributed by atoms with Crippen molar-refractivity contribution >= 4 is 93.3 Å². The van der Waals surface area contributed by atoms with Crippen molar-refractivity contribution in [3.05, 3.63) is 212 Å². The van der Waals surface area contributed by atoms with Crippen LogP contribution in [0.1, 0.15) is 65.9 Å². The number of carbonyl (C=O) groups excluding carboxylic acids is 1. The Labute approximate surface area is 532 Å². The van der Waals surface area contributed by atoms with Gasteiger partial charge in [-0.2, -0.15) is 0 Å². The molecule has 3 aliphatic rings. The Morgan fingerprint density at radius 3 is 2.26 bits per heavy atom. The van der Waals surface area contributed by atoms with Gasteiger partial charge in [0.05, 0.1) is 39.9 Å². The van der Waals surface area contributed by atoms with Crippen LogP contribution in [0.25, 0.3) is 32.8 Å². The second-order valence-electron chi connectivity index (χ2n) is 23.6. The zero-order valence-corrected chi connectivity index (χ0v) is 53.9. The quantitative estimate of drug-likeness (QED) is 0.0578. The van der Waals surface area contributed by atoms with Crippen LogP contribution in [0.3, 0.4) is 0 Å². The molecule has 2 saturated heterocycles. The monoisotopic (exact) mass is 1300 g/mol. The van der Waals surface area contributed by atoms with E-state index >= 15 is 0 Å². The molecule has 1 atom stereocenters. The third-order valence-corrected chi connectivity index (χ3v) is 21.3. The lowest BCUT2D eigenvalue weighted by Crippen LogP contribution is -2.47. The molecule has 1 amide bonds. The number of nitrogens with zero attached hydrogens (tertiary/aromatic N) is 5. The lowest BCUT2D eigenvalue weighted by atomic mass is 9.73. The molecule has 21 heteroatoms. The number of morpholine rings is 1. The van der Waals surface area contributed by atoms with Crippen molar-refractivity contribution in [3.8, 4) is 11.3 Å². The van der Waals surface area contributed by atoms with Crippen molar-refractivity contribution in [1.29, 1.82) is 0 Å². The zero-order valence-electron chi connectivity index (χ0n) is 49.9. The first kappa shape index (κ1) is 63.4. The van der Waals surface area contributed by atoms with Gasteiger partial charge in [0.25, 0.3) is 15.9 Å². The highest BCUT2D eigenvalue weighted by atomic mass is 35.5. The highest BCUT2D eigenvalue weighted by molar-refractivity contribution is 7.99. The number of benzene rings is 6. The number of thioether (sulfide) groups is 1. The predicted octanol–water partition coefficient (Wildman–Crippen LogP) is 12.8. The molecule has 2 fully saturated rings. The minimum atomic E-state index is -4.43. The molecule has 12 rings (SSSR count). The summed E-state index contributed by atoms with van der Waals surface area (Å²) in [5.74, 6) is -0.379. The number of carbonyl (C=O) groups is 1. The van der Waals surface area contributed by atoms with Crippen molar-refractivity contribution in [3.63, 3.8) is 0 Å². The normalized spacial score (nSPS) is 16.3. The number of allylic oxidation sites excluding steroid dienone is 1. The molecule has 89 heavy (non-hydrogen) atoms.